The van der Waals surface area contributed by atoms with E-state index in [4.69, 9.17) is 29.8 Å². The fraction of sp³-hybridized carbons (Fsp3) is 0.667. The van der Waals surface area contributed by atoms with E-state index in [0.717, 1.165) is 0 Å². The average Bonchev–Trinajstić information content (AvgIpc) is 2.06. The Bertz CT molecular complexity index is 408. The lowest BCUT2D eigenvalue weighted by molar-refractivity contribution is -0.140. The maximum Gasteiger partial charge on any atom is 0.355 e. The van der Waals surface area contributed by atoms with Crippen LogP contribution in [-0.4, -0.2) is 46.6 Å². The monoisotopic (exact) mass is 306 g/mol. The number of carbonyl (C=O) groups is 2. The molecule has 0 aliphatic heterocycles. The lowest BCUT2D eigenvalue weighted by atomic mass is 10.2. The lowest BCUT2D eigenvalue weighted by Crippen LogP contribution is -2.38. The summed E-state index contributed by atoms with van der Waals surface area (Å²) in [6.07, 6.45) is -2.42. The molecule has 0 saturated heterocycles. The topological polar surface area (TPSA) is 190 Å². The first-order valence-corrected chi connectivity index (χ1v) is 7.65. The van der Waals surface area contributed by atoms with E-state index in [2.05, 4.69) is 0 Å². The van der Waals surface area contributed by atoms with Gasteiger partial charge in [0.2, 0.25) is 0 Å². The summed E-state index contributed by atoms with van der Waals surface area (Å²) in [6.45, 7) is 0. The molecule has 0 aromatic carbocycles. The van der Waals surface area contributed by atoms with Crippen LogP contribution in [0.1, 0.15) is 19.3 Å². The van der Waals surface area contributed by atoms with Crippen LogP contribution in [0.4, 0.5) is 0 Å². The average molecular weight is 306 g/mol. The zero-order valence-corrected chi connectivity index (χ0v) is 10.6. The van der Waals surface area contributed by atoms with Gasteiger partial charge in [0.1, 0.15) is 0 Å². The molecule has 0 fully saturated rings. The van der Waals surface area contributed by atoms with Crippen molar-refractivity contribution < 1.29 is 48.5 Å². The summed E-state index contributed by atoms with van der Waals surface area (Å²) in [5.41, 5.74) is 0. The molecule has 0 aromatic heterocycles. The third-order valence-corrected chi connectivity index (χ3v) is 6.54. The molecule has 0 unspecified atom stereocenters. The Morgan fingerprint density at radius 2 is 1.33 bits per heavy atom. The van der Waals surface area contributed by atoms with E-state index in [0.29, 0.717) is 0 Å². The quantitative estimate of drug-likeness (QED) is 0.330. The van der Waals surface area contributed by atoms with Gasteiger partial charge in [0.15, 0.2) is 0 Å². The van der Waals surface area contributed by atoms with Crippen LogP contribution in [-0.2, 0) is 18.7 Å². The Balaban J connectivity index is 5.54. The second-order valence-electron chi connectivity index (χ2n) is 3.46. The molecule has 0 rings (SSSR count). The molecule has 0 amide bonds. The largest absolute Gasteiger partial charge is 0.481 e. The van der Waals surface area contributed by atoms with Crippen molar-refractivity contribution in [3.63, 3.8) is 0 Å². The summed E-state index contributed by atoms with van der Waals surface area (Å²) in [4.78, 5) is 53.0. The first kappa shape index (κ1) is 17.2. The van der Waals surface area contributed by atoms with Gasteiger partial charge >= 0.3 is 27.1 Å². The van der Waals surface area contributed by atoms with E-state index >= 15 is 0 Å². The molecule has 6 N–H and O–H groups in total. The fourth-order valence-electron chi connectivity index (χ4n) is 1.30. The smallest absolute Gasteiger partial charge is 0.355 e. The first-order valence-electron chi connectivity index (χ1n) is 4.42. The number of hydrogen-bond acceptors (Lipinski definition) is 4. The SMILES string of the molecule is O=C(O)CCCC(C(=O)O)(P(=O)(O)O)P(=O)(O)O. The van der Waals surface area contributed by atoms with Gasteiger partial charge in [-0.3, -0.25) is 18.7 Å². The summed E-state index contributed by atoms with van der Waals surface area (Å²) in [5, 5.41) is 17.0. The lowest BCUT2D eigenvalue weighted by Gasteiger charge is -2.30. The summed E-state index contributed by atoms with van der Waals surface area (Å²) >= 11 is 0. The molecule has 0 spiro atoms. The van der Waals surface area contributed by atoms with Crippen molar-refractivity contribution in [3.8, 4) is 0 Å². The molecule has 0 bridgehead atoms. The Morgan fingerprint density at radius 3 is 1.56 bits per heavy atom. The number of carboxylic acids is 2. The molecule has 0 saturated carbocycles. The minimum Gasteiger partial charge on any atom is -0.481 e. The minimum absolute atomic E-state index is 0.599. The third-order valence-electron chi connectivity index (χ3n) is 2.22. The molecular weight excluding hydrogens is 294 g/mol. The van der Waals surface area contributed by atoms with Crippen molar-refractivity contribution in [2.75, 3.05) is 0 Å². The molecule has 0 radical (unpaired) electrons. The highest BCUT2D eigenvalue weighted by Crippen LogP contribution is 2.71. The summed E-state index contributed by atoms with van der Waals surface area (Å²) in [5.74, 6) is -3.75. The van der Waals surface area contributed by atoms with Crippen molar-refractivity contribution >= 4 is 27.1 Å². The van der Waals surface area contributed by atoms with Crippen LogP contribution in [0.2, 0.25) is 0 Å². The Hall–Kier alpha value is -0.760. The van der Waals surface area contributed by atoms with Crippen molar-refractivity contribution in [2.24, 2.45) is 0 Å². The van der Waals surface area contributed by atoms with Gasteiger partial charge in [-0.05, 0) is 12.8 Å². The highest BCUT2D eigenvalue weighted by Gasteiger charge is 2.66. The number of aliphatic carboxylic acids is 2. The van der Waals surface area contributed by atoms with Gasteiger partial charge in [-0.15, -0.1) is 0 Å². The van der Waals surface area contributed by atoms with Gasteiger partial charge in [-0.2, -0.15) is 0 Å². The van der Waals surface area contributed by atoms with E-state index in [1.54, 1.807) is 0 Å². The van der Waals surface area contributed by atoms with Crippen LogP contribution >= 0.6 is 15.2 Å². The van der Waals surface area contributed by atoms with Crippen LogP contribution in [0.3, 0.4) is 0 Å². The number of carboxylic acid groups (broad SMARTS) is 2. The van der Waals surface area contributed by atoms with Gasteiger partial charge in [-0.25, -0.2) is 0 Å². The van der Waals surface area contributed by atoms with Crippen molar-refractivity contribution in [3.05, 3.63) is 0 Å². The second-order valence-corrected chi connectivity index (χ2v) is 7.51. The molecular formula is C6H12O10P2. The molecule has 106 valence electrons. The maximum atomic E-state index is 11.1. The van der Waals surface area contributed by atoms with Crippen LogP contribution in [0.5, 0.6) is 0 Å². The van der Waals surface area contributed by atoms with E-state index in [-0.39, 0.29) is 0 Å². The Kier molecular flexibility index (Phi) is 5.25. The number of hydrogen-bond donors (Lipinski definition) is 6. The molecule has 0 aliphatic rings. The predicted octanol–water partition coefficient (Wildman–Crippen LogP) is -0.622. The number of rotatable bonds is 7. The standard InChI is InChI=1S/C6H12O10P2/c7-4(8)2-1-3-6(5(9)10,17(11,12)13)18(14,15)16/h1-3H2,(H,7,8)(H,9,10)(H2,11,12,13)(H2,14,15,16). The third kappa shape index (κ3) is 3.38. The first-order chi connectivity index (χ1) is 7.86. The Morgan fingerprint density at radius 1 is 0.944 bits per heavy atom. The predicted molar refractivity (Wildman–Crippen MR) is 55.9 cm³/mol. The zero-order valence-electron chi connectivity index (χ0n) is 8.83. The van der Waals surface area contributed by atoms with E-state index in [9.17, 15) is 18.7 Å². The normalized spacial score (nSPS) is 13.3. The summed E-state index contributed by atoms with van der Waals surface area (Å²) < 4.78 is 22.2. The van der Waals surface area contributed by atoms with E-state index < -0.39 is 51.3 Å². The van der Waals surface area contributed by atoms with E-state index in [1.807, 2.05) is 0 Å². The molecule has 0 aromatic rings. The van der Waals surface area contributed by atoms with Gasteiger partial charge in [0, 0.05) is 6.42 Å². The van der Waals surface area contributed by atoms with Gasteiger partial charge in [0.25, 0.3) is 4.90 Å². The highest BCUT2D eigenvalue weighted by molar-refractivity contribution is 7.74. The maximum absolute atomic E-state index is 11.1. The summed E-state index contributed by atoms with van der Waals surface area (Å²) in [7, 11) is -11.4. The Labute approximate surface area is 101 Å². The van der Waals surface area contributed by atoms with E-state index in [1.165, 1.54) is 0 Å². The van der Waals surface area contributed by atoms with Gasteiger partial charge in [-0.1, -0.05) is 0 Å². The van der Waals surface area contributed by atoms with Gasteiger partial charge in [0.05, 0.1) is 0 Å². The van der Waals surface area contributed by atoms with Gasteiger partial charge < -0.3 is 29.8 Å². The van der Waals surface area contributed by atoms with Crippen LogP contribution < -0.4 is 0 Å². The molecule has 0 heterocycles. The molecule has 18 heavy (non-hydrogen) atoms. The summed E-state index contributed by atoms with van der Waals surface area (Å²) in [6, 6.07) is 0. The van der Waals surface area contributed by atoms with Crippen LogP contribution in [0, 0.1) is 0 Å². The molecule has 10 nitrogen and oxygen atoms in total. The zero-order chi connectivity index (χ0) is 14.8. The molecule has 0 atom stereocenters. The fourth-order valence-corrected chi connectivity index (χ4v) is 4.06. The highest BCUT2D eigenvalue weighted by atomic mass is 31.2. The second kappa shape index (κ2) is 5.48. The molecule has 0 aliphatic carbocycles. The van der Waals surface area contributed by atoms with Crippen molar-refractivity contribution in [1.82, 2.24) is 0 Å². The van der Waals surface area contributed by atoms with Crippen molar-refractivity contribution in [1.29, 1.82) is 0 Å². The van der Waals surface area contributed by atoms with Crippen LogP contribution in [0.25, 0.3) is 0 Å². The van der Waals surface area contributed by atoms with Crippen LogP contribution in [0.15, 0.2) is 0 Å². The molecule has 12 heteroatoms. The van der Waals surface area contributed by atoms with Crippen molar-refractivity contribution in [2.45, 2.75) is 24.2 Å². The minimum atomic E-state index is -5.70.